The van der Waals surface area contributed by atoms with Crippen LogP contribution in [0.25, 0.3) is 0 Å². The minimum Gasteiger partial charge on any atom is -0.465 e. The lowest BCUT2D eigenvalue weighted by Crippen LogP contribution is -2.07. The smallest absolute Gasteiger partial charge is 0.302 e. The summed E-state index contributed by atoms with van der Waals surface area (Å²) in [6.07, 6.45) is 0. The summed E-state index contributed by atoms with van der Waals surface area (Å²) >= 11 is 0. The molecular weight excluding hydrogens is 210 g/mol. The van der Waals surface area contributed by atoms with Crippen LogP contribution in [0, 0.1) is 11.8 Å². The van der Waals surface area contributed by atoms with Crippen molar-refractivity contribution in [1.29, 1.82) is 0 Å². The van der Waals surface area contributed by atoms with Crippen molar-refractivity contribution in [3.05, 3.63) is 0 Å². The van der Waals surface area contributed by atoms with E-state index in [0.717, 1.165) is 13.8 Å². The number of esters is 2. The number of halogens is 2. The number of hydrogen-bond acceptors (Lipinski definition) is 4. The van der Waals surface area contributed by atoms with Crippen LogP contribution in [-0.2, 0) is 19.1 Å². The molecule has 1 fully saturated rings. The molecule has 0 aliphatic heterocycles. The van der Waals surface area contributed by atoms with Crippen LogP contribution < -0.4 is 0 Å². The topological polar surface area (TPSA) is 52.6 Å². The van der Waals surface area contributed by atoms with E-state index in [9.17, 15) is 18.4 Å². The quantitative estimate of drug-likeness (QED) is 0.666. The van der Waals surface area contributed by atoms with E-state index in [1.807, 2.05) is 0 Å². The molecule has 0 unspecified atom stereocenters. The maximum Gasteiger partial charge on any atom is 0.302 e. The molecule has 1 aliphatic carbocycles. The molecule has 0 spiro atoms. The highest BCUT2D eigenvalue weighted by Crippen LogP contribution is 2.55. The van der Waals surface area contributed by atoms with Gasteiger partial charge in [-0.2, -0.15) is 0 Å². The number of rotatable bonds is 4. The summed E-state index contributed by atoms with van der Waals surface area (Å²) in [6.45, 7) is 1.66. The summed E-state index contributed by atoms with van der Waals surface area (Å²) < 4.78 is 34.9. The van der Waals surface area contributed by atoms with Crippen molar-refractivity contribution in [1.82, 2.24) is 0 Å². The molecule has 0 radical (unpaired) electrons. The fourth-order valence-electron chi connectivity index (χ4n) is 1.33. The zero-order valence-electron chi connectivity index (χ0n) is 8.46. The number of alkyl halides is 2. The third-order valence-electron chi connectivity index (χ3n) is 2.30. The lowest BCUT2D eigenvalue weighted by molar-refractivity contribution is -0.143. The molecule has 0 aromatic carbocycles. The van der Waals surface area contributed by atoms with Crippen LogP contribution in [0.4, 0.5) is 8.78 Å². The Morgan fingerprint density at radius 1 is 1.07 bits per heavy atom. The van der Waals surface area contributed by atoms with Gasteiger partial charge in [0.2, 0.25) is 0 Å². The van der Waals surface area contributed by atoms with Crippen LogP contribution in [0.3, 0.4) is 0 Å². The van der Waals surface area contributed by atoms with Crippen molar-refractivity contribution in [2.75, 3.05) is 13.2 Å². The SMILES string of the molecule is CC(=O)OC[C@H]1[C@H](COC(C)=O)C1(F)F. The van der Waals surface area contributed by atoms with Crippen molar-refractivity contribution >= 4 is 11.9 Å². The van der Waals surface area contributed by atoms with E-state index in [0.29, 0.717) is 0 Å². The van der Waals surface area contributed by atoms with E-state index in [1.54, 1.807) is 0 Å². The van der Waals surface area contributed by atoms with Gasteiger partial charge in [0.25, 0.3) is 5.92 Å². The Hall–Kier alpha value is -1.20. The van der Waals surface area contributed by atoms with Crippen molar-refractivity contribution in [2.45, 2.75) is 19.8 Å². The van der Waals surface area contributed by atoms with E-state index in [4.69, 9.17) is 0 Å². The third kappa shape index (κ3) is 2.87. The second-order valence-electron chi connectivity index (χ2n) is 3.49. The zero-order chi connectivity index (χ0) is 11.6. The molecule has 2 atom stereocenters. The van der Waals surface area contributed by atoms with Crippen molar-refractivity contribution in [3.63, 3.8) is 0 Å². The molecule has 0 saturated heterocycles. The lowest BCUT2D eigenvalue weighted by atomic mass is 10.3. The van der Waals surface area contributed by atoms with Gasteiger partial charge in [0.1, 0.15) is 13.2 Å². The first-order valence-electron chi connectivity index (χ1n) is 4.50. The maximum absolute atomic E-state index is 13.0. The molecule has 1 rings (SSSR count). The van der Waals surface area contributed by atoms with Crippen molar-refractivity contribution < 1.29 is 27.8 Å². The number of carbonyl (C=O) groups excluding carboxylic acids is 2. The average Bonchev–Trinajstić information content (AvgIpc) is 2.60. The molecule has 0 amide bonds. The predicted molar refractivity (Wildman–Crippen MR) is 45.2 cm³/mol. The van der Waals surface area contributed by atoms with Crippen LogP contribution in [0.5, 0.6) is 0 Å². The van der Waals surface area contributed by atoms with Crippen LogP contribution >= 0.6 is 0 Å². The zero-order valence-corrected chi connectivity index (χ0v) is 8.46. The van der Waals surface area contributed by atoms with Gasteiger partial charge in [-0.05, 0) is 0 Å². The van der Waals surface area contributed by atoms with Gasteiger partial charge >= 0.3 is 11.9 Å². The largest absolute Gasteiger partial charge is 0.465 e. The predicted octanol–water partition coefficient (Wildman–Crippen LogP) is 0.994. The second-order valence-corrected chi connectivity index (χ2v) is 3.49. The van der Waals surface area contributed by atoms with Crippen LogP contribution in [0.1, 0.15) is 13.8 Å². The van der Waals surface area contributed by atoms with Crippen molar-refractivity contribution in [3.8, 4) is 0 Å². The molecule has 0 heterocycles. The number of hydrogen-bond donors (Lipinski definition) is 0. The Kier molecular flexibility index (Phi) is 3.26. The fourth-order valence-corrected chi connectivity index (χ4v) is 1.33. The minimum atomic E-state index is -2.90. The van der Waals surface area contributed by atoms with E-state index < -0.39 is 29.7 Å². The highest BCUT2D eigenvalue weighted by atomic mass is 19.3. The summed E-state index contributed by atoms with van der Waals surface area (Å²) in [5.41, 5.74) is 0. The molecule has 0 bridgehead atoms. The molecule has 1 aliphatic rings. The monoisotopic (exact) mass is 222 g/mol. The number of ether oxygens (including phenoxy) is 2. The molecule has 4 nitrogen and oxygen atoms in total. The van der Waals surface area contributed by atoms with Gasteiger partial charge in [0.05, 0.1) is 11.8 Å². The summed E-state index contributed by atoms with van der Waals surface area (Å²) in [5, 5.41) is 0. The van der Waals surface area contributed by atoms with E-state index in [2.05, 4.69) is 9.47 Å². The van der Waals surface area contributed by atoms with Gasteiger partial charge in [-0.1, -0.05) is 0 Å². The Labute approximate surface area is 85.5 Å². The average molecular weight is 222 g/mol. The van der Waals surface area contributed by atoms with Gasteiger partial charge in [-0.15, -0.1) is 0 Å². The van der Waals surface area contributed by atoms with Gasteiger partial charge in [-0.3, -0.25) is 9.59 Å². The summed E-state index contributed by atoms with van der Waals surface area (Å²) in [7, 11) is 0. The second kappa shape index (κ2) is 4.12. The Morgan fingerprint density at radius 3 is 1.67 bits per heavy atom. The van der Waals surface area contributed by atoms with Crippen LogP contribution in [0.2, 0.25) is 0 Å². The summed E-state index contributed by atoms with van der Waals surface area (Å²) in [4.78, 5) is 20.8. The normalized spacial score (nSPS) is 26.9. The fraction of sp³-hybridized carbons (Fsp3) is 0.778. The standard InChI is InChI=1S/C9H12F2O4/c1-5(12)14-3-7-8(9(7,10)11)4-15-6(2)13/h7-8H,3-4H2,1-2H3/t7-,8-/m0/s1. The van der Waals surface area contributed by atoms with Crippen molar-refractivity contribution in [2.24, 2.45) is 11.8 Å². The molecule has 86 valence electrons. The highest BCUT2D eigenvalue weighted by molar-refractivity contribution is 5.66. The Bertz CT molecular complexity index is 251. The molecular formula is C9H12F2O4. The highest BCUT2D eigenvalue weighted by Gasteiger charge is 2.69. The minimum absolute atomic E-state index is 0.325. The molecule has 0 N–H and O–H groups in total. The Morgan fingerprint density at radius 2 is 1.40 bits per heavy atom. The lowest BCUT2D eigenvalue weighted by Gasteiger charge is -1.99. The van der Waals surface area contributed by atoms with Crippen LogP contribution in [0.15, 0.2) is 0 Å². The summed E-state index contributed by atoms with van der Waals surface area (Å²) in [5.74, 6) is -6.14. The van der Waals surface area contributed by atoms with E-state index in [-0.39, 0.29) is 13.2 Å². The van der Waals surface area contributed by atoms with Gasteiger partial charge in [0, 0.05) is 13.8 Å². The molecule has 1 saturated carbocycles. The molecule has 0 aromatic rings. The third-order valence-corrected chi connectivity index (χ3v) is 2.30. The first-order valence-corrected chi connectivity index (χ1v) is 4.50. The van der Waals surface area contributed by atoms with Crippen LogP contribution in [-0.4, -0.2) is 31.1 Å². The van der Waals surface area contributed by atoms with Gasteiger partial charge in [-0.25, -0.2) is 8.78 Å². The maximum atomic E-state index is 13.0. The first kappa shape index (κ1) is 11.9. The van der Waals surface area contributed by atoms with E-state index >= 15 is 0 Å². The summed E-state index contributed by atoms with van der Waals surface area (Å²) in [6, 6.07) is 0. The van der Waals surface area contributed by atoms with Gasteiger partial charge in [0.15, 0.2) is 0 Å². The number of carbonyl (C=O) groups is 2. The molecule has 0 aromatic heterocycles. The molecule has 15 heavy (non-hydrogen) atoms. The Balaban J connectivity index is 2.34. The van der Waals surface area contributed by atoms with Gasteiger partial charge < -0.3 is 9.47 Å². The molecule has 6 heteroatoms. The van der Waals surface area contributed by atoms with E-state index in [1.165, 1.54) is 0 Å². The first-order chi connectivity index (χ1) is 6.85.